The summed E-state index contributed by atoms with van der Waals surface area (Å²) >= 11 is 0. The van der Waals surface area contributed by atoms with Gasteiger partial charge in [-0.15, -0.1) is 0 Å². The van der Waals surface area contributed by atoms with Gasteiger partial charge in [-0.25, -0.2) is 0 Å². The van der Waals surface area contributed by atoms with Crippen LogP contribution in [0.2, 0.25) is 0 Å². The Kier molecular flexibility index (Phi) is 4.22. The second-order valence-electron chi connectivity index (χ2n) is 3.80. The van der Waals surface area contributed by atoms with Gasteiger partial charge in [0, 0.05) is 20.1 Å². The molecule has 0 aromatic carbocycles. The molecule has 3 heteroatoms. The van der Waals surface area contributed by atoms with Gasteiger partial charge >= 0.3 is 0 Å². The molecule has 1 aliphatic heterocycles. The number of hydrogen-bond acceptors (Lipinski definition) is 2. The van der Waals surface area contributed by atoms with Gasteiger partial charge in [-0.2, -0.15) is 0 Å². The molecule has 3 nitrogen and oxygen atoms in total. The fourth-order valence-corrected chi connectivity index (χ4v) is 1.68. The Morgan fingerprint density at radius 1 is 1.62 bits per heavy atom. The summed E-state index contributed by atoms with van der Waals surface area (Å²) in [5, 5.41) is 3.22. The highest BCUT2D eigenvalue weighted by molar-refractivity contribution is 5.79. The maximum absolute atomic E-state index is 11.7. The minimum atomic E-state index is 0.238. The molecule has 1 N–H and O–H groups in total. The van der Waals surface area contributed by atoms with Gasteiger partial charge in [-0.1, -0.05) is 13.3 Å². The molecule has 0 bridgehead atoms. The third kappa shape index (κ3) is 2.99. The molecule has 13 heavy (non-hydrogen) atoms. The van der Waals surface area contributed by atoms with Crippen LogP contribution in [0, 0.1) is 5.92 Å². The monoisotopic (exact) mass is 184 g/mol. The van der Waals surface area contributed by atoms with E-state index >= 15 is 0 Å². The average molecular weight is 184 g/mol. The lowest BCUT2D eigenvalue weighted by atomic mass is 10.1. The molecule has 1 rings (SSSR count). The minimum Gasteiger partial charge on any atom is -0.345 e. The van der Waals surface area contributed by atoms with Crippen molar-refractivity contribution in [2.75, 3.05) is 26.7 Å². The van der Waals surface area contributed by atoms with E-state index in [9.17, 15) is 4.79 Å². The molecular formula is C10H20N2O. The zero-order valence-corrected chi connectivity index (χ0v) is 8.68. The van der Waals surface area contributed by atoms with E-state index in [2.05, 4.69) is 12.2 Å². The van der Waals surface area contributed by atoms with E-state index in [1.54, 1.807) is 0 Å². The van der Waals surface area contributed by atoms with Gasteiger partial charge < -0.3 is 10.2 Å². The Morgan fingerprint density at radius 3 is 2.92 bits per heavy atom. The van der Waals surface area contributed by atoms with Gasteiger partial charge in [0.15, 0.2) is 0 Å². The maximum Gasteiger partial charge on any atom is 0.226 e. The Bertz CT molecular complexity index is 164. The van der Waals surface area contributed by atoms with Crippen LogP contribution in [0.3, 0.4) is 0 Å². The summed E-state index contributed by atoms with van der Waals surface area (Å²) in [7, 11) is 1.91. The minimum absolute atomic E-state index is 0.238. The Balaban J connectivity index is 2.28. The van der Waals surface area contributed by atoms with E-state index in [1.807, 2.05) is 11.9 Å². The average Bonchev–Trinajstić information content (AvgIpc) is 2.65. The Hall–Kier alpha value is -0.570. The zero-order chi connectivity index (χ0) is 9.68. The molecule has 0 radical (unpaired) electrons. The summed E-state index contributed by atoms with van der Waals surface area (Å²) in [6.45, 7) is 4.93. The van der Waals surface area contributed by atoms with E-state index in [4.69, 9.17) is 0 Å². The van der Waals surface area contributed by atoms with Gasteiger partial charge in [-0.3, -0.25) is 4.79 Å². The summed E-state index contributed by atoms with van der Waals surface area (Å²) in [5.74, 6) is 0.556. The lowest BCUT2D eigenvalue weighted by molar-refractivity contribution is -0.133. The number of amides is 1. The molecule has 0 aromatic heterocycles. The molecule has 1 atom stereocenters. The normalized spacial score (nSPS) is 21.8. The first kappa shape index (κ1) is 10.5. The third-order valence-electron chi connectivity index (χ3n) is 2.63. The van der Waals surface area contributed by atoms with Crippen molar-refractivity contribution in [3.05, 3.63) is 0 Å². The zero-order valence-electron chi connectivity index (χ0n) is 8.68. The fraction of sp³-hybridized carbons (Fsp3) is 0.900. The summed E-state index contributed by atoms with van der Waals surface area (Å²) in [5.41, 5.74) is 0. The van der Waals surface area contributed by atoms with Crippen molar-refractivity contribution in [2.45, 2.75) is 26.2 Å². The van der Waals surface area contributed by atoms with Gasteiger partial charge in [0.05, 0.1) is 5.92 Å². The van der Waals surface area contributed by atoms with Crippen LogP contribution in [0.1, 0.15) is 26.2 Å². The van der Waals surface area contributed by atoms with E-state index in [0.29, 0.717) is 5.91 Å². The highest BCUT2D eigenvalue weighted by atomic mass is 16.2. The second kappa shape index (κ2) is 5.22. The van der Waals surface area contributed by atoms with Crippen LogP contribution in [0.15, 0.2) is 0 Å². The first-order chi connectivity index (χ1) is 6.25. The predicted octanol–water partition coefficient (Wildman–Crippen LogP) is 0.854. The number of carbonyl (C=O) groups is 1. The summed E-state index contributed by atoms with van der Waals surface area (Å²) in [6, 6.07) is 0. The van der Waals surface area contributed by atoms with Crippen molar-refractivity contribution in [1.29, 1.82) is 0 Å². The number of nitrogens with zero attached hydrogens (tertiary/aromatic N) is 1. The van der Waals surface area contributed by atoms with Gasteiger partial charge in [0.25, 0.3) is 0 Å². The second-order valence-corrected chi connectivity index (χ2v) is 3.80. The molecule has 0 spiro atoms. The van der Waals surface area contributed by atoms with E-state index < -0.39 is 0 Å². The van der Waals surface area contributed by atoms with Crippen LogP contribution in [0.5, 0.6) is 0 Å². The number of rotatable bonds is 4. The molecule has 76 valence electrons. The molecule has 1 saturated heterocycles. The molecule has 0 aliphatic carbocycles. The van der Waals surface area contributed by atoms with E-state index in [-0.39, 0.29) is 5.92 Å². The van der Waals surface area contributed by atoms with Gasteiger partial charge in [0.2, 0.25) is 5.91 Å². The maximum atomic E-state index is 11.7. The number of hydrogen-bond donors (Lipinski definition) is 1. The number of carbonyl (C=O) groups excluding carboxylic acids is 1. The molecule has 1 fully saturated rings. The molecule has 1 heterocycles. The highest BCUT2D eigenvalue weighted by Crippen LogP contribution is 2.10. The van der Waals surface area contributed by atoms with Crippen LogP contribution in [0.25, 0.3) is 0 Å². The Morgan fingerprint density at radius 2 is 2.38 bits per heavy atom. The molecule has 1 amide bonds. The van der Waals surface area contributed by atoms with E-state index in [1.165, 1.54) is 0 Å². The first-order valence-corrected chi connectivity index (χ1v) is 5.21. The van der Waals surface area contributed by atoms with Crippen molar-refractivity contribution >= 4 is 5.91 Å². The van der Waals surface area contributed by atoms with Crippen molar-refractivity contribution in [3.8, 4) is 0 Å². The molecule has 0 saturated carbocycles. The van der Waals surface area contributed by atoms with Gasteiger partial charge in [0.1, 0.15) is 0 Å². The predicted molar refractivity (Wildman–Crippen MR) is 53.5 cm³/mol. The lowest BCUT2D eigenvalue weighted by Crippen LogP contribution is -2.34. The quantitative estimate of drug-likeness (QED) is 0.702. The number of nitrogens with one attached hydrogen (secondary N) is 1. The van der Waals surface area contributed by atoms with Crippen LogP contribution in [0.4, 0.5) is 0 Å². The highest BCUT2D eigenvalue weighted by Gasteiger charge is 2.24. The topological polar surface area (TPSA) is 32.3 Å². The smallest absolute Gasteiger partial charge is 0.226 e. The van der Waals surface area contributed by atoms with Crippen LogP contribution >= 0.6 is 0 Å². The third-order valence-corrected chi connectivity index (χ3v) is 2.63. The first-order valence-electron chi connectivity index (χ1n) is 5.21. The van der Waals surface area contributed by atoms with Crippen molar-refractivity contribution in [2.24, 2.45) is 5.92 Å². The molecule has 1 aliphatic rings. The van der Waals surface area contributed by atoms with Crippen LogP contribution < -0.4 is 5.32 Å². The van der Waals surface area contributed by atoms with Crippen molar-refractivity contribution < 1.29 is 4.79 Å². The molecular weight excluding hydrogens is 164 g/mol. The summed E-state index contributed by atoms with van der Waals surface area (Å²) in [6.07, 6.45) is 3.28. The van der Waals surface area contributed by atoms with Gasteiger partial charge in [-0.05, 0) is 19.4 Å². The summed E-state index contributed by atoms with van der Waals surface area (Å²) < 4.78 is 0. The van der Waals surface area contributed by atoms with Crippen molar-refractivity contribution in [3.63, 3.8) is 0 Å². The SMILES string of the molecule is CCCCN(C)C(=O)[C@H]1CCNC1. The molecule has 0 unspecified atom stereocenters. The molecule has 0 aromatic rings. The van der Waals surface area contributed by atoms with Crippen LogP contribution in [-0.2, 0) is 4.79 Å². The standard InChI is InChI=1S/C10H20N2O/c1-3-4-7-12(2)10(13)9-5-6-11-8-9/h9,11H,3-8H2,1-2H3/t9-/m0/s1. The fourth-order valence-electron chi connectivity index (χ4n) is 1.68. The van der Waals surface area contributed by atoms with Crippen LogP contribution in [-0.4, -0.2) is 37.5 Å². The largest absolute Gasteiger partial charge is 0.345 e. The number of unbranched alkanes of at least 4 members (excludes halogenated alkanes) is 1. The Labute approximate surface area is 80.5 Å². The van der Waals surface area contributed by atoms with E-state index in [0.717, 1.165) is 38.9 Å². The van der Waals surface area contributed by atoms with Crippen molar-refractivity contribution in [1.82, 2.24) is 10.2 Å². The lowest BCUT2D eigenvalue weighted by Gasteiger charge is -2.20. The summed E-state index contributed by atoms with van der Waals surface area (Å²) in [4.78, 5) is 13.6.